The van der Waals surface area contributed by atoms with Gasteiger partial charge in [-0.25, -0.2) is 0 Å². The van der Waals surface area contributed by atoms with E-state index in [2.05, 4.69) is 5.32 Å². The zero-order valence-electron chi connectivity index (χ0n) is 12.1. The van der Waals surface area contributed by atoms with E-state index in [1.807, 2.05) is 38.1 Å². The number of ether oxygens (including phenoxy) is 2. The third-order valence-electron chi connectivity index (χ3n) is 2.85. The van der Waals surface area contributed by atoms with Gasteiger partial charge in [-0.3, -0.25) is 4.79 Å². The van der Waals surface area contributed by atoms with Crippen LogP contribution in [0.2, 0.25) is 0 Å². The first-order valence-corrected chi connectivity index (χ1v) is 6.50. The number of methoxy groups -OCH3 is 2. The Morgan fingerprint density at radius 3 is 2.53 bits per heavy atom. The molecular weight excluding hydrogens is 242 g/mol. The van der Waals surface area contributed by atoms with Gasteiger partial charge < -0.3 is 14.8 Å². The van der Waals surface area contributed by atoms with Crippen LogP contribution in [-0.4, -0.2) is 26.7 Å². The monoisotopic (exact) mass is 265 g/mol. The highest BCUT2D eigenvalue weighted by atomic mass is 16.5. The molecule has 19 heavy (non-hydrogen) atoms. The van der Waals surface area contributed by atoms with Crippen molar-refractivity contribution in [1.82, 2.24) is 5.32 Å². The molecule has 1 N–H and O–H groups in total. The fraction of sp³-hybridized carbons (Fsp3) is 0.533. The molecular formula is C15H23NO3. The minimum atomic E-state index is -0.202. The maximum atomic E-state index is 11.7. The van der Waals surface area contributed by atoms with Crippen LogP contribution in [0.25, 0.3) is 0 Å². The van der Waals surface area contributed by atoms with Gasteiger partial charge in [0, 0.05) is 25.6 Å². The van der Waals surface area contributed by atoms with Crippen LogP contribution in [0.1, 0.15) is 31.9 Å². The van der Waals surface area contributed by atoms with Gasteiger partial charge in [0.05, 0.1) is 7.11 Å². The predicted octanol–water partition coefficient (Wildman–Crippen LogP) is 2.55. The molecule has 1 aromatic rings. The fourth-order valence-corrected chi connectivity index (χ4v) is 1.90. The lowest BCUT2D eigenvalue weighted by Gasteiger charge is -2.19. The van der Waals surface area contributed by atoms with E-state index < -0.39 is 0 Å². The number of amides is 1. The van der Waals surface area contributed by atoms with Crippen molar-refractivity contribution in [1.29, 1.82) is 0 Å². The van der Waals surface area contributed by atoms with E-state index in [0.717, 1.165) is 11.3 Å². The van der Waals surface area contributed by atoms with Gasteiger partial charge in [-0.15, -0.1) is 0 Å². The average Bonchev–Trinajstić information content (AvgIpc) is 2.39. The van der Waals surface area contributed by atoms with Crippen molar-refractivity contribution in [2.45, 2.75) is 26.4 Å². The summed E-state index contributed by atoms with van der Waals surface area (Å²) >= 11 is 0. The van der Waals surface area contributed by atoms with Crippen molar-refractivity contribution < 1.29 is 14.3 Å². The Bertz CT molecular complexity index is 404. The second-order valence-corrected chi connectivity index (χ2v) is 4.87. The highest BCUT2D eigenvalue weighted by Crippen LogP contribution is 2.26. The molecule has 0 aliphatic carbocycles. The Morgan fingerprint density at radius 1 is 1.26 bits per heavy atom. The molecule has 1 aromatic carbocycles. The number of carbonyl (C=O) groups excluding carboxylic acids is 1. The smallest absolute Gasteiger partial charge is 0.220 e. The first-order valence-electron chi connectivity index (χ1n) is 6.50. The molecule has 1 unspecified atom stereocenters. The van der Waals surface area contributed by atoms with Gasteiger partial charge in [0.25, 0.3) is 0 Å². The lowest BCUT2D eigenvalue weighted by atomic mass is 10.1. The topological polar surface area (TPSA) is 47.6 Å². The zero-order chi connectivity index (χ0) is 14.3. The number of para-hydroxylation sites is 1. The van der Waals surface area contributed by atoms with E-state index >= 15 is 0 Å². The number of hydrogen-bond acceptors (Lipinski definition) is 3. The Morgan fingerprint density at radius 2 is 1.95 bits per heavy atom. The molecule has 0 aliphatic heterocycles. The second-order valence-electron chi connectivity index (χ2n) is 4.87. The van der Waals surface area contributed by atoms with Crippen molar-refractivity contribution in [3.05, 3.63) is 29.8 Å². The number of hydrogen-bond donors (Lipinski definition) is 1. The van der Waals surface area contributed by atoms with Crippen LogP contribution < -0.4 is 10.1 Å². The van der Waals surface area contributed by atoms with Crippen molar-refractivity contribution in [3.8, 4) is 5.75 Å². The number of rotatable bonds is 7. The molecule has 0 radical (unpaired) electrons. The van der Waals surface area contributed by atoms with Crippen LogP contribution in [0.15, 0.2) is 24.3 Å². The predicted molar refractivity (Wildman–Crippen MR) is 75.2 cm³/mol. The maximum absolute atomic E-state index is 11.7. The molecule has 0 bridgehead atoms. The summed E-state index contributed by atoms with van der Waals surface area (Å²) in [5.74, 6) is 1.17. The second kappa shape index (κ2) is 7.79. The highest BCUT2D eigenvalue weighted by Gasteiger charge is 2.16. The van der Waals surface area contributed by atoms with Gasteiger partial charge in [0.1, 0.15) is 11.9 Å². The Kier molecular flexibility index (Phi) is 6.36. The standard InChI is InChI=1S/C15H23NO3/c1-11(2)9-15(17)16-10-14(19-4)12-7-5-6-8-13(12)18-3/h5-8,11,14H,9-10H2,1-4H3,(H,16,17). The fourth-order valence-electron chi connectivity index (χ4n) is 1.90. The summed E-state index contributed by atoms with van der Waals surface area (Å²) < 4.78 is 10.7. The molecule has 0 aromatic heterocycles. The van der Waals surface area contributed by atoms with Gasteiger partial charge in [0.2, 0.25) is 5.91 Å². The van der Waals surface area contributed by atoms with Gasteiger partial charge in [-0.1, -0.05) is 32.0 Å². The van der Waals surface area contributed by atoms with E-state index in [1.165, 1.54) is 0 Å². The summed E-state index contributed by atoms with van der Waals surface area (Å²) in [5, 5.41) is 2.90. The molecule has 4 heteroatoms. The summed E-state index contributed by atoms with van der Waals surface area (Å²) in [5.41, 5.74) is 0.942. The van der Waals surface area contributed by atoms with E-state index in [1.54, 1.807) is 14.2 Å². The summed E-state index contributed by atoms with van der Waals surface area (Å²) in [7, 11) is 3.26. The molecule has 0 spiro atoms. The van der Waals surface area contributed by atoms with Crippen molar-refractivity contribution in [2.24, 2.45) is 5.92 Å². The Hall–Kier alpha value is -1.55. The molecule has 4 nitrogen and oxygen atoms in total. The molecule has 106 valence electrons. The quantitative estimate of drug-likeness (QED) is 0.824. The SMILES string of the molecule is COc1ccccc1C(CNC(=O)CC(C)C)OC. The molecule has 0 saturated carbocycles. The van der Waals surface area contributed by atoms with Gasteiger partial charge >= 0.3 is 0 Å². The lowest BCUT2D eigenvalue weighted by molar-refractivity contribution is -0.122. The molecule has 0 aliphatic rings. The maximum Gasteiger partial charge on any atom is 0.220 e. The van der Waals surface area contributed by atoms with Crippen molar-refractivity contribution >= 4 is 5.91 Å². The first-order chi connectivity index (χ1) is 9.08. The van der Waals surface area contributed by atoms with E-state index in [-0.39, 0.29) is 12.0 Å². The third kappa shape index (κ3) is 4.91. The third-order valence-corrected chi connectivity index (χ3v) is 2.85. The van der Waals surface area contributed by atoms with Gasteiger partial charge in [-0.2, -0.15) is 0 Å². The van der Waals surface area contributed by atoms with Crippen LogP contribution in [0.5, 0.6) is 5.75 Å². The molecule has 0 heterocycles. The number of carbonyl (C=O) groups is 1. The molecule has 0 saturated heterocycles. The molecule has 1 amide bonds. The van der Waals surface area contributed by atoms with E-state index in [0.29, 0.717) is 18.9 Å². The Labute approximate surface area is 115 Å². The number of benzene rings is 1. The normalized spacial score (nSPS) is 12.3. The minimum absolute atomic E-state index is 0.0481. The number of nitrogens with one attached hydrogen (secondary N) is 1. The van der Waals surface area contributed by atoms with Crippen LogP contribution in [-0.2, 0) is 9.53 Å². The van der Waals surface area contributed by atoms with Crippen LogP contribution >= 0.6 is 0 Å². The average molecular weight is 265 g/mol. The van der Waals surface area contributed by atoms with E-state index in [4.69, 9.17) is 9.47 Å². The zero-order valence-corrected chi connectivity index (χ0v) is 12.1. The summed E-state index contributed by atoms with van der Waals surface area (Å²) in [6.07, 6.45) is 0.329. The highest BCUT2D eigenvalue weighted by molar-refractivity contribution is 5.76. The summed E-state index contributed by atoms with van der Waals surface area (Å²) in [4.78, 5) is 11.7. The largest absolute Gasteiger partial charge is 0.496 e. The van der Waals surface area contributed by atoms with Crippen LogP contribution in [0.3, 0.4) is 0 Å². The first kappa shape index (κ1) is 15.5. The lowest BCUT2D eigenvalue weighted by Crippen LogP contribution is -2.30. The molecule has 0 fully saturated rings. The molecule has 1 atom stereocenters. The van der Waals surface area contributed by atoms with Gasteiger partial charge in [-0.05, 0) is 12.0 Å². The Balaban J connectivity index is 2.65. The summed E-state index contributed by atoms with van der Waals surface area (Å²) in [6, 6.07) is 7.67. The summed E-state index contributed by atoms with van der Waals surface area (Å²) in [6.45, 7) is 4.49. The molecule has 1 rings (SSSR count). The van der Waals surface area contributed by atoms with E-state index in [9.17, 15) is 4.79 Å². The van der Waals surface area contributed by atoms with Crippen molar-refractivity contribution in [2.75, 3.05) is 20.8 Å². The van der Waals surface area contributed by atoms with Crippen molar-refractivity contribution in [3.63, 3.8) is 0 Å². The minimum Gasteiger partial charge on any atom is -0.496 e. The van der Waals surface area contributed by atoms with Crippen LogP contribution in [0.4, 0.5) is 0 Å². The van der Waals surface area contributed by atoms with Crippen LogP contribution in [0, 0.1) is 5.92 Å². The van der Waals surface area contributed by atoms with Gasteiger partial charge in [0.15, 0.2) is 0 Å².